The number of carbonyl (C=O) groups is 1. The molecule has 1 heterocycles. The predicted molar refractivity (Wildman–Crippen MR) is 105 cm³/mol. The molecular formula is C19H27N3O4S. The Labute approximate surface area is 161 Å². The highest BCUT2D eigenvalue weighted by Crippen LogP contribution is 2.23. The zero-order valence-corrected chi connectivity index (χ0v) is 17.0. The lowest BCUT2D eigenvalue weighted by Gasteiger charge is -2.20. The van der Waals surface area contributed by atoms with Gasteiger partial charge in [-0.05, 0) is 43.8 Å². The van der Waals surface area contributed by atoms with Gasteiger partial charge < -0.3 is 9.73 Å². The predicted octanol–water partition coefficient (Wildman–Crippen LogP) is 2.69. The molecule has 7 nitrogen and oxygen atoms in total. The van der Waals surface area contributed by atoms with Crippen LogP contribution in [-0.4, -0.2) is 50.2 Å². The molecule has 8 heteroatoms. The summed E-state index contributed by atoms with van der Waals surface area (Å²) in [4.78, 5) is 14.4. The number of rotatable bonds is 9. The smallest absolute Gasteiger partial charge is 0.243 e. The molecule has 1 N–H and O–H groups in total. The van der Waals surface area contributed by atoms with Crippen LogP contribution in [0.5, 0.6) is 0 Å². The maximum absolute atomic E-state index is 12.7. The Morgan fingerprint density at radius 2 is 1.89 bits per heavy atom. The fraction of sp³-hybridized carbons (Fsp3) is 0.421. The fourth-order valence-corrected chi connectivity index (χ4v) is 4.25. The van der Waals surface area contributed by atoms with Gasteiger partial charge in [-0.3, -0.25) is 9.69 Å². The minimum Gasteiger partial charge on any atom is -0.468 e. The van der Waals surface area contributed by atoms with Crippen LogP contribution in [0, 0.1) is 6.92 Å². The van der Waals surface area contributed by atoms with Gasteiger partial charge in [0.25, 0.3) is 0 Å². The lowest BCUT2D eigenvalue weighted by atomic mass is 10.2. The molecule has 0 aliphatic carbocycles. The van der Waals surface area contributed by atoms with Crippen molar-refractivity contribution < 1.29 is 17.6 Å². The molecule has 0 fully saturated rings. The van der Waals surface area contributed by atoms with E-state index in [1.54, 1.807) is 38.3 Å². The molecule has 2 rings (SSSR count). The number of likely N-dealkylation sites (N-methyl/N-ethyl adjacent to an activating group) is 1. The van der Waals surface area contributed by atoms with Crippen LogP contribution in [0.3, 0.4) is 0 Å². The summed E-state index contributed by atoms with van der Waals surface area (Å²) in [6.45, 7) is 6.89. The van der Waals surface area contributed by atoms with Crippen molar-refractivity contribution in [2.45, 2.75) is 32.2 Å². The Kier molecular flexibility index (Phi) is 7.18. The summed E-state index contributed by atoms with van der Waals surface area (Å²) in [5.41, 5.74) is 1.30. The van der Waals surface area contributed by atoms with Crippen LogP contribution in [0.4, 0.5) is 5.69 Å². The van der Waals surface area contributed by atoms with Crippen LogP contribution in [0.15, 0.2) is 45.9 Å². The first kappa shape index (κ1) is 21.1. The van der Waals surface area contributed by atoms with Crippen molar-refractivity contribution in [1.29, 1.82) is 0 Å². The summed E-state index contributed by atoms with van der Waals surface area (Å²) in [7, 11) is -1.76. The summed E-state index contributed by atoms with van der Waals surface area (Å²) >= 11 is 0. The average molecular weight is 394 g/mol. The first-order valence-corrected chi connectivity index (χ1v) is 10.3. The highest BCUT2D eigenvalue weighted by atomic mass is 32.2. The standard InChI is InChI=1S/C19H27N3O4S/c1-5-22(6-2)27(24,25)17-10-9-15(3)18(12-17)20-19(23)14-21(4)13-16-8-7-11-26-16/h7-12H,5-6,13-14H2,1-4H3,(H,20,23). The van der Waals surface area contributed by atoms with Crippen molar-refractivity contribution in [3.05, 3.63) is 47.9 Å². The normalized spacial score (nSPS) is 11.9. The second-order valence-electron chi connectivity index (χ2n) is 6.37. The van der Waals surface area contributed by atoms with Gasteiger partial charge in [0.15, 0.2) is 0 Å². The number of hydrogen-bond acceptors (Lipinski definition) is 5. The highest BCUT2D eigenvalue weighted by Gasteiger charge is 2.22. The molecule has 0 aliphatic heterocycles. The van der Waals surface area contributed by atoms with Gasteiger partial charge >= 0.3 is 0 Å². The molecule has 27 heavy (non-hydrogen) atoms. The van der Waals surface area contributed by atoms with Crippen LogP contribution in [-0.2, 0) is 21.4 Å². The topological polar surface area (TPSA) is 82.9 Å². The van der Waals surface area contributed by atoms with Gasteiger partial charge in [-0.15, -0.1) is 0 Å². The van der Waals surface area contributed by atoms with Crippen molar-refractivity contribution in [1.82, 2.24) is 9.21 Å². The fourth-order valence-electron chi connectivity index (χ4n) is 2.77. The number of aryl methyl sites for hydroxylation is 1. The molecule has 0 saturated carbocycles. The van der Waals surface area contributed by atoms with Crippen LogP contribution < -0.4 is 5.32 Å². The molecule has 1 aromatic carbocycles. The maximum atomic E-state index is 12.7. The van der Waals surface area contributed by atoms with Crippen molar-refractivity contribution in [2.24, 2.45) is 0 Å². The number of amides is 1. The first-order valence-electron chi connectivity index (χ1n) is 8.89. The van der Waals surface area contributed by atoms with Crippen LogP contribution >= 0.6 is 0 Å². The summed E-state index contributed by atoms with van der Waals surface area (Å²) in [5, 5.41) is 2.81. The summed E-state index contributed by atoms with van der Waals surface area (Å²) < 4.78 is 32.1. The molecule has 0 bridgehead atoms. The molecule has 0 radical (unpaired) electrons. The summed E-state index contributed by atoms with van der Waals surface area (Å²) in [5.74, 6) is 0.554. The monoisotopic (exact) mass is 393 g/mol. The third-order valence-electron chi connectivity index (χ3n) is 4.25. The Bertz CT molecular complexity index is 859. The van der Waals surface area contributed by atoms with Gasteiger partial charge in [0, 0.05) is 18.8 Å². The summed E-state index contributed by atoms with van der Waals surface area (Å²) in [6, 6.07) is 8.45. The number of nitrogens with zero attached hydrogens (tertiary/aromatic N) is 2. The lowest BCUT2D eigenvalue weighted by Crippen LogP contribution is -2.31. The Morgan fingerprint density at radius 3 is 2.48 bits per heavy atom. The molecule has 1 aromatic heterocycles. The maximum Gasteiger partial charge on any atom is 0.243 e. The molecule has 0 unspecified atom stereocenters. The number of hydrogen-bond donors (Lipinski definition) is 1. The van der Waals surface area contributed by atoms with E-state index >= 15 is 0 Å². The third-order valence-corrected chi connectivity index (χ3v) is 6.29. The van der Waals surface area contributed by atoms with E-state index in [4.69, 9.17) is 4.42 Å². The number of carbonyl (C=O) groups excluding carboxylic acids is 1. The van der Waals surface area contributed by atoms with Crippen molar-refractivity contribution in [3.8, 4) is 0 Å². The molecule has 0 atom stereocenters. The quantitative estimate of drug-likeness (QED) is 0.708. The van der Waals surface area contributed by atoms with Crippen molar-refractivity contribution in [3.63, 3.8) is 0 Å². The van der Waals surface area contributed by atoms with E-state index < -0.39 is 10.0 Å². The van der Waals surface area contributed by atoms with Crippen molar-refractivity contribution >= 4 is 21.6 Å². The second kappa shape index (κ2) is 9.16. The molecule has 0 saturated heterocycles. The average Bonchev–Trinajstić information content (AvgIpc) is 3.10. The van der Waals surface area contributed by atoms with Gasteiger partial charge in [0.05, 0.1) is 24.2 Å². The Morgan fingerprint density at radius 1 is 1.19 bits per heavy atom. The molecule has 1 amide bonds. The first-order chi connectivity index (χ1) is 12.8. The van der Waals surface area contributed by atoms with Crippen LogP contribution in [0.25, 0.3) is 0 Å². The highest BCUT2D eigenvalue weighted by molar-refractivity contribution is 7.89. The molecule has 0 aliphatic rings. The van der Waals surface area contributed by atoms with Gasteiger partial charge in [-0.1, -0.05) is 19.9 Å². The molecule has 148 valence electrons. The van der Waals surface area contributed by atoms with Gasteiger partial charge in [-0.2, -0.15) is 4.31 Å². The minimum absolute atomic E-state index is 0.160. The Balaban J connectivity index is 2.10. The van der Waals surface area contributed by atoms with Crippen LogP contribution in [0.1, 0.15) is 25.2 Å². The number of benzene rings is 1. The zero-order chi connectivity index (χ0) is 20.0. The van der Waals surface area contributed by atoms with Crippen LogP contribution in [0.2, 0.25) is 0 Å². The van der Waals surface area contributed by atoms with Gasteiger partial charge in [0.1, 0.15) is 5.76 Å². The SMILES string of the molecule is CCN(CC)S(=O)(=O)c1ccc(C)c(NC(=O)CN(C)Cc2ccco2)c1. The van der Waals surface area contributed by atoms with Crippen molar-refractivity contribution in [2.75, 3.05) is 32.0 Å². The molecule has 2 aromatic rings. The summed E-state index contributed by atoms with van der Waals surface area (Å²) in [6.07, 6.45) is 1.59. The van der Waals surface area contributed by atoms with E-state index in [-0.39, 0.29) is 17.3 Å². The van der Waals surface area contributed by atoms with Gasteiger partial charge in [-0.25, -0.2) is 8.42 Å². The van der Waals surface area contributed by atoms with Gasteiger partial charge in [0.2, 0.25) is 15.9 Å². The molecule has 0 spiro atoms. The number of sulfonamides is 1. The van der Waals surface area contributed by atoms with E-state index in [1.807, 2.05) is 24.9 Å². The number of anilines is 1. The molecular weight excluding hydrogens is 366 g/mol. The van der Waals surface area contributed by atoms with E-state index in [9.17, 15) is 13.2 Å². The van der Waals surface area contributed by atoms with E-state index in [1.165, 1.54) is 10.4 Å². The number of nitrogens with one attached hydrogen (secondary N) is 1. The van der Waals surface area contributed by atoms with E-state index in [2.05, 4.69) is 5.32 Å². The largest absolute Gasteiger partial charge is 0.468 e. The van der Waals surface area contributed by atoms with E-state index in [0.29, 0.717) is 25.3 Å². The second-order valence-corrected chi connectivity index (χ2v) is 8.30. The zero-order valence-electron chi connectivity index (χ0n) is 16.2. The Hall–Kier alpha value is -2.16. The number of furan rings is 1. The minimum atomic E-state index is -3.57. The third kappa shape index (κ3) is 5.41. The van der Waals surface area contributed by atoms with E-state index in [0.717, 1.165) is 11.3 Å². The lowest BCUT2D eigenvalue weighted by molar-refractivity contribution is -0.117.